The smallest absolute Gasteiger partial charge is 0.227 e. The van der Waals surface area contributed by atoms with Gasteiger partial charge < -0.3 is 33.9 Å². The fraction of sp³-hybridized carbons (Fsp3) is 0.486. The third kappa shape index (κ3) is 8.85. The first-order chi connectivity index (χ1) is 22.1. The largest absolute Gasteiger partial charge is 0.496 e. The Balaban J connectivity index is 1.11. The van der Waals surface area contributed by atoms with Crippen molar-refractivity contribution in [3.05, 3.63) is 89.0 Å². The highest BCUT2D eigenvalue weighted by Crippen LogP contribution is 2.32. The molecule has 1 fully saturated rings. The Morgan fingerprint density at radius 3 is 2.62 bits per heavy atom. The van der Waals surface area contributed by atoms with Crippen molar-refractivity contribution in [1.29, 1.82) is 0 Å². The third-order valence-corrected chi connectivity index (χ3v) is 8.78. The van der Waals surface area contributed by atoms with Crippen LogP contribution in [-0.2, 0) is 32.0 Å². The van der Waals surface area contributed by atoms with Crippen molar-refractivity contribution >= 4 is 11.6 Å². The van der Waals surface area contributed by atoms with E-state index in [-0.39, 0.29) is 18.1 Å². The average Bonchev–Trinajstić information content (AvgIpc) is 3.08. The number of hydrogen-bond acceptors (Lipinski definition) is 7. The van der Waals surface area contributed by atoms with Gasteiger partial charge in [0.15, 0.2) is 0 Å². The number of carbonyl (C=O) groups is 1. The molecular formula is C37H48N2O6. The number of aryl methyl sites for hydroxylation is 1. The number of amides is 1. The van der Waals surface area contributed by atoms with Crippen LogP contribution in [0.5, 0.6) is 11.5 Å². The molecular weight excluding hydrogens is 568 g/mol. The zero-order valence-corrected chi connectivity index (χ0v) is 27.0. The van der Waals surface area contributed by atoms with Gasteiger partial charge in [-0.3, -0.25) is 4.79 Å². The van der Waals surface area contributed by atoms with E-state index in [9.17, 15) is 4.79 Å². The SMILES string of the molecule is COCCCN1C(=O)CCc2ccc(CO[C@H]3CNCC[C@@H]3c3ccc(OCCCOC(C)c4ccccc4OC)cc3)cc21. The number of nitrogens with zero attached hydrogens (tertiary/aromatic N) is 1. The van der Waals surface area contributed by atoms with Crippen LogP contribution in [0.2, 0.25) is 0 Å². The lowest BCUT2D eigenvalue weighted by molar-refractivity contribution is -0.118. The van der Waals surface area contributed by atoms with E-state index in [0.717, 1.165) is 67.1 Å². The fourth-order valence-electron chi connectivity index (χ4n) is 6.29. The molecule has 1 unspecified atom stereocenters. The second-order valence-electron chi connectivity index (χ2n) is 11.8. The van der Waals surface area contributed by atoms with Crippen LogP contribution in [-0.4, -0.2) is 65.7 Å². The molecule has 242 valence electrons. The lowest BCUT2D eigenvalue weighted by Gasteiger charge is -2.33. The normalized spacial score (nSPS) is 18.8. The van der Waals surface area contributed by atoms with Crippen LogP contribution in [0, 0.1) is 0 Å². The van der Waals surface area contributed by atoms with E-state index in [1.165, 1.54) is 11.1 Å². The molecule has 0 radical (unpaired) electrons. The highest BCUT2D eigenvalue weighted by atomic mass is 16.5. The molecule has 0 spiro atoms. The van der Waals surface area contributed by atoms with Crippen molar-refractivity contribution in [3.8, 4) is 11.5 Å². The Kier molecular flexibility index (Phi) is 12.3. The predicted octanol–water partition coefficient (Wildman–Crippen LogP) is 6.22. The van der Waals surface area contributed by atoms with Gasteiger partial charge in [0.05, 0.1) is 39.1 Å². The molecule has 1 saturated heterocycles. The van der Waals surface area contributed by atoms with Gasteiger partial charge in [0.25, 0.3) is 0 Å². The van der Waals surface area contributed by atoms with Crippen LogP contribution in [0.15, 0.2) is 66.7 Å². The van der Waals surface area contributed by atoms with Crippen molar-refractivity contribution in [3.63, 3.8) is 0 Å². The molecule has 3 aromatic rings. The second-order valence-corrected chi connectivity index (χ2v) is 11.8. The molecule has 2 aliphatic heterocycles. The number of carbonyl (C=O) groups excluding carboxylic acids is 1. The highest BCUT2D eigenvalue weighted by molar-refractivity contribution is 5.96. The van der Waals surface area contributed by atoms with Gasteiger partial charge in [-0.2, -0.15) is 0 Å². The Bertz CT molecular complexity index is 1360. The summed E-state index contributed by atoms with van der Waals surface area (Å²) >= 11 is 0. The molecule has 2 aliphatic rings. The van der Waals surface area contributed by atoms with Gasteiger partial charge in [0, 0.05) is 56.8 Å². The minimum Gasteiger partial charge on any atom is -0.496 e. The van der Waals surface area contributed by atoms with Gasteiger partial charge in [0.2, 0.25) is 5.91 Å². The summed E-state index contributed by atoms with van der Waals surface area (Å²) in [5.41, 5.74) is 5.66. The maximum Gasteiger partial charge on any atom is 0.227 e. The minimum atomic E-state index is -0.0437. The molecule has 0 bridgehead atoms. The first-order valence-electron chi connectivity index (χ1n) is 16.3. The minimum absolute atomic E-state index is 0.0437. The summed E-state index contributed by atoms with van der Waals surface area (Å²) in [6, 6.07) is 22.9. The summed E-state index contributed by atoms with van der Waals surface area (Å²) in [5, 5.41) is 3.50. The van der Waals surface area contributed by atoms with Crippen LogP contribution >= 0.6 is 0 Å². The van der Waals surface area contributed by atoms with E-state index in [0.29, 0.717) is 45.3 Å². The summed E-state index contributed by atoms with van der Waals surface area (Å²) in [6.45, 7) is 6.85. The van der Waals surface area contributed by atoms with E-state index >= 15 is 0 Å². The molecule has 8 heteroatoms. The van der Waals surface area contributed by atoms with Crippen molar-refractivity contribution in [1.82, 2.24) is 5.32 Å². The summed E-state index contributed by atoms with van der Waals surface area (Å²) in [5.74, 6) is 2.20. The van der Waals surface area contributed by atoms with Crippen molar-refractivity contribution in [2.75, 3.05) is 58.6 Å². The van der Waals surface area contributed by atoms with E-state index in [1.54, 1.807) is 14.2 Å². The fourth-order valence-corrected chi connectivity index (χ4v) is 6.29. The first-order valence-corrected chi connectivity index (χ1v) is 16.3. The van der Waals surface area contributed by atoms with Gasteiger partial charge in [-0.25, -0.2) is 0 Å². The Labute approximate surface area is 268 Å². The van der Waals surface area contributed by atoms with Crippen LogP contribution in [0.4, 0.5) is 5.69 Å². The summed E-state index contributed by atoms with van der Waals surface area (Å²) in [7, 11) is 3.38. The number of methoxy groups -OCH3 is 2. The number of piperidine rings is 1. The molecule has 0 aliphatic carbocycles. The number of para-hydroxylation sites is 1. The van der Waals surface area contributed by atoms with Crippen molar-refractivity contribution in [2.24, 2.45) is 0 Å². The monoisotopic (exact) mass is 616 g/mol. The lowest BCUT2D eigenvalue weighted by Crippen LogP contribution is -2.41. The maximum absolute atomic E-state index is 12.7. The predicted molar refractivity (Wildman–Crippen MR) is 176 cm³/mol. The number of benzene rings is 3. The van der Waals surface area contributed by atoms with Crippen LogP contribution in [0.1, 0.15) is 66.9 Å². The molecule has 1 amide bonds. The third-order valence-electron chi connectivity index (χ3n) is 8.78. The van der Waals surface area contributed by atoms with Gasteiger partial charge >= 0.3 is 0 Å². The van der Waals surface area contributed by atoms with Gasteiger partial charge in [-0.15, -0.1) is 0 Å². The number of rotatable bonds is 16. The molecule has 0 saturated carbocycles. The molecule has 5 rings (SSSR count). The zero-order valence-electron chi connectivity index (χ0n) is 27.0. The molecule has 2 heterocycles. The number of nitrogens with one attached hydrogen (secondary N) is 1. The van der Waals surface area contributed by atoms with Crippen molar-refractivity contribution < 1.29 is 28.5 Å². The summed E-state index contributed by atoms with van der Waals surface area (Å²) in [6.07, 6.45) is 4.00. The standard InChI is InChI=1S/C37H48N2O6/c1-27(32-8-4-5-9-35(32)42-3)43-22-7-23-44-31-15-12-29(13-16-31)33-18-19-38-25-36(33)45-26-28-10-11-30-14-17-37(40)39(34(30)24-28)20-6-21-41-2/h4-5,8-13,15-16,24,27,33,36,38H,6-7,14,17-23,25-26H2,1-3H3/t27?,33-,36+/m1/s1. The Hall–Kier alpha value is -3.43. The topological polar surface area (TPSA) is 78.5 Å². The molecule has 45 heavy (non-hydrogen) atoms. The van der Waals surface area contributed by atoms with E-state index in [4.69, 9.17) is 23.7 Å². The average molecular weight is 617 g/mol. The molecule has 0 aromatic heterocycles. The number of ether oxygens (including phenoxy) is 5. The Morgan fingerprint density at radius 1 is 0.956 bits per heavy atom. The molecule has 3 atom stereocenters. The van der Waals surface area contributed by atoms with E-state index < -0.39 is 0 Å². The summed E-state index contributed by atoms with van der Waals surface area (Å²) < 4.78 is 29.3. The number of anilines is 1. The van der Waals surface area contributed by atoms with Crippen molar-refractivity contribution in [2.45, 2.75) is 63.8 Å². The maximum atomic E-state index is 12.7. The van der Waals surface area contributed by atoms with E-state index in [2.05, 4.69) is 47.8 Å². The quantitative estimate of drug-likeness (QED) is 0.192. The highest BCUT2D eigenvalue weighted by Gasteiger charge is 2.28. The summed E-state index contributed by atoms with van der Waals surface area (Å²) in [4.78, 5) is 14.6. The zero-order chi connectivity index (χ0) is 31.4. The first kappa shape index (κ1) is 32.9. The van der Waals surface area contributed by atoms with Crippen LogP contribution in [0.3, 0.4) is 0 Å². The van der Waals surface area contributed by atoms with Gasteiger partial charge in [0.1, 0.15) is 11.5 Å². The number of fused-ring (bicyclic) bond motifs is 1. The lowest BCUT2D eigenvalue weighted by atomic mass is 9.87. The molecule has 3 aromatic carbocycles. The van der Waals surface area contributed by atoms with Crippen LogP contribution < -0.4 is 19.7 Å². The molecule has 1 N–H and O–H groups in total. The van der Waals surface area contributed by atoms with Gasteiger partial charge in [-0.05, 0) is 73.7 Å². The van der Waals surface area contributed by atoms with E-state index in [1.807, 2.05) is 36.1 Å². The Morgan fingerprint density at radius 2 is 1.80 bits per heavy atom. The second kappa shape index (κ2) is 16.8. The number of hydrogen-bond donors (Lipinski definition) is 1. The van der Waals surface area contributed by atoms with Gasteiger partial charge in [-0.1, -0.05) is 42.5 Å². The van der Waals surface area contributed by atoms with Crippen LogP contribution in [0.25, 0.3) is 0 Å². The molecule has 8 nitrogen and oxygen atoms in total.